The van der Waals surface area contributed by atoms with E-state index in [1.165, 1.54) is 0 Å². The molecule has 0 aliphatic carbocycles. The third kappa shape index (κ3) is 4.93. The molecule has 2 heterocycles. The average molecular weight is 341 g/mol. The van der Waals surface area contributed by atoms with Gasteiger partial charge in [0.2, 0.25) is 0 Å². The maximum Gasteiger partial charge on any atom is 0.322 e. The van der Waals surface area contributed by atoms with Crippen molar-refractivity contribution in [3.63, 3.8) is 0 Å². The van der Waals surface area contributed by atoms with Gasteiger partial charge in [0.1, 0.15) is 12.4 Å². The molecule has 1 aliphatic heterocycles. The maximum atomic E-state index is 12.4. The van der Waals surface area contributed by atoms with Crippen molar-refractivity contribution in [1.29, 1.82) is 0 Å². The third-order valence-corrected chi connectivity index (χ3v) is 4.21. The lowest BCUT2D eigenvalue weighted by Crippen LogP contribution is -2.42. The highest BCUT2D eigenvalue weighted by Crippen LogP contribution is 2.18. The predicted octanol–water partition coefficient (Wildman–Crippen LogP) is 3.30. The average Bonchev–Trinajstić information content (AvgIpc) is 2.86. The van der Waals surface area contributed by atoms with Gasteiger partial charge in [-0.25, -0.2) is 4.79 Å². The Balaban J connectivity index is 1.54. The molecule has 6 nitrogen and oxygen atoms in total. The quantitative estimate of drug-likeness (QED) is 0.927. The first-order valence-electron chi connectivity index (χ1n) is 8.49. The number of nitrogens with one attached hydrogen (secondary N) is 1. The summed E-state index contributed by atoms with van der Waals surface area (Å²) in [5.41, 5.74) is 1.81. The summed E-state index contributed by atoms with van der Waals surface area (Å²) in [5.74, 6) is 0.756. The van der Waals surface area contributed by atoms with E-state index in [2.05, 4.69) is 10.3 Å². The van der Waals surface area contributed by atoms with E-state index in [1.807, 2.05) is 48.2 Å². The molecule has 1 aromatic carbocycles. The molecule has 132 valence electrons. The molecule has 0 bridgehead atoms. The molecule has 1 aromatic heterocycles. The summed E-state index contributed by atoms with van der Waals surface area (Å²) < 4.78 is 11.2. The summed E-state index contributed by atoms with van der Waals surface area (Å²) in [5, 5.41) is 2.94. The van der Waals surface area contributed by atoms with Crippen LogP contribution in [-0.4, -0.2) is 41.7 Å². The van der Waals surface area contributed by atoms with Gasteiger partial charge in [0.25, 0.3) is 0 Å². The number of amides is 2. The molecule has 2 amide bonds. The molecular weight excluding hydrogens is 318 g/mol. The van der Waals surface area contributed by atoms with Gasteiger partial charge in [0.05, 0.1) is 6.61 Å². The highest BCUT2D eigenvalue weighted by Gasteiger charge is 2.22. The van der Waals surface area contributed by atoms with E-state index in [-0.39, 0.29) is 12.1 Å². The first-order valence-corrected chi connectivity index (χ1v) is 8.49. The lowest BCUT2D eigenvalue weighted by atomic mass is 10.2. The minimum atomic E-state index is -0.0940. The highest BCUT2D eigenvalue weighted by atomic mass is 16.5. The molecule has 2 aromatic rings. The number of ether oxygens (including phenoxy) is 2. The Morgan fingerprint density at radius 3 is 2.76 bits per heavy atom. The van der Waals surface area contributed by atoms with Crippen LogP contribution in [0.15, 0.2) is 48.8 Å². The number of benzene rings is 1. The summed E-state index contributed by atoms with van der Waals surface area (Å²) in [7, 11) is 0. The largest absolute Gasteiger partial charge is 0.489 e. The molecular formula is C19H23N3O3. The van der Waals surface area contributed by atoms with Crippen molar-refractivity contribution in [1.82, 2.24) is 9.88 Å². The molecule has 3 rings (SSSR count). The van der Waals surface area contributed by atoms with Crippen molar-refractivity contribution in [2.24, 2.45) is 0 Å². The van der Waals surface area contributed by atoms with Gasteiger partial charge >= 0.3 is 6.03 Å². The topological polar surface area (TPSA) is 63.7 Å². The smallest absolute Gasteiger partial charge is 0.322 e. The van der Waals surface area contributed by atoms with Crippen molar-refractivity contribution in [2.45, 2.75) is 26.0 Å². The van der Waals surface area contributed by atoms with Crippen LogP contribution >= 0.6 is 0 Å². The zero-order valence-electron chi connectivity index (χ0n) is 14.4. The minimum Gasteiger partial charge on any atom is -0.489 e. The molecule has 1 atom stereocenters. The second-order valence-electron chi connectivity index (χ2n) is 6.04. The summed E-state index contributed by atoms with van der Waals surface area (Å²) in [4.78, 5) is 18.3. The van der Waals surface area contributed by atoms with Crippen LogP contribution in [0.3, 0.4) is 0 Å². The van der Waals surface area contributed by atoms with E-state index in [1.54, 1.807) is 12.4 Å². The number of pyridine rings is 1. The lowest BCUT2D eigenvalue weighted by Gasteiger charge is -2.26. The van der Waals surface area contributed by atoms with E-state index in [4.69, 9.17) is 9.47 Å². The number of urea groups is 1. The highest BCUT2D eigenvalue weighted by molar-refractivity contribution is 5.89. The molecule has 0 spiro atoms. The SMILES string of the molecule is CC1CCOCCN1C(=O)Nc1ccc(OCc2ccncc2)cc1. The first kappa shape index (κ1) is 17.2. The lowest BCUT2D eigenvalue weighted by molar-refractivity contribution is 0.143. The number of nitrogens with zero attached hydrogens (tertiary/aromatic N) is 2. The summed E-state index contributed by atoms with van der Waals surface area (Å²) in [6, 6.07) is 11.3. The Bertz CT molecular complexity index is 676. The molecule has 0 saturated carbocycles. The molecule has 25 heavy (non-hydrogen) atoms. The molecule has 1 saturated heterocycles. The molecule has 6 heteroatoms. The third-order valence-electron chi connectivity index (χ3n) is 4.21. The Kier molecular flexibility index (Phi) is 5.85. The fraction of sp³-hybridized carbons (Fsp3) is 0.368. The fourth-order valence-corrected chi connectivity index (χ4v) is 2.67. The van der Waals surface area contributed by atoms with Gasteiger partial charge in [-0.3, -0.25) is 4.98 Å². The van der Waals surface area contributed by atoms with E-state index >= 15 is 0 Å². The molecule has 1 N–H and O–H groups in total. The number of carbonyl (C=O) groups is 1. The van der Waals surface area contributed by atoms with Crippen molar-refractivity contribution >= 4 is 11.7 Å². The van der Waals surface area contributed by atoms with Crippen molar-refractivity contribution in [3.8, 4) is 5.75 Å². The van der Waals surface area contributed by atoms with E-state index in [0.717, 1.165) is 23.4 Å². The van der Waals surface area contributed by atoms with Gasteiger partial charge in [-0.15, -0.1) is 0 Å². The maximum absolute atomic E-state index is 12.4. The van der Waals surface area contributed by atoms with Crippen LogP contribution in [0.5, 0.6) is 5.75 Å². The summed E-state index contributed by atoms with van der Waals surface area (Å²) in [6.07, 6.45) is 4.34. The normalized spacial score (nSPS) is 17.6. The molecule has 1 unspecified atom stereocenters. The zero-order valence-corrected chi connectivity index (χ0v) is 14.4. The van der Waals surface area contributed by atoms with Crippen LogP contribution in [0.25, 0.3) is 0 Å². The van der Waals surface area contributed by atoms with Crippen LogP contribution in [0, 0.1) is 0 Å². The zero-order chi connectivity index (χ0) is 17.5. The van der Waals surface area contributed by atoms with Crippen LogP contribution in [0.1, 0.15) is 18.9 Å². The van der Waals surface area contributed by atoms with Gasteiger partial charge in [-0.1, -0.05) is 0 Å². The van der Waals surface area contributed by atoms with Gasteiger partial charge in [-0.05, 0) is 55.3 Å². The predicted molar refractivity (Wildman–Crippen MR) is 95.6 cm³/mol. The standard InChI is InChI=1S/C19H23N3O3/c1-15-8-12-24-13-11-22(15)19(23)21-17-2-4-18(5-3-17)25-14-16-6-9-20-10-7-16/h2-7,9-10,15H,8,11-14H2,1H3,(H,21,23). The first-order chi connectivity index (χ1) is 12.2. The van der Waals surface area contributed by atoms with E-state index < -0.39 is 0 Å². The Morgan fingerprint density at radius 1 is 1.24 bits per heavy atom. The number of carbonyl (C=O) groups excluding carboxylic acids is 1. The van der Waals surface area contributed by atoms with Gasteiger partial charge in [0.15, 0.2) is 0 Å². The Hall–Kier alpha value is -2.60. The molecule has 1 aliphatic rings. The number of hydrogen-bond acceptors (Lipinski definition) is 4. The minimum absolute atomic E-state index is 0.0940. The second-order valence-corrected chi connectivity index (χ2v) is 6.04. The van der Waals surface area contributed by atoms with E-state index in [0.29, 0.717) is 26.4 Å². The van der Waals surface area contributed by atoms with Gasteiger partial charge < -0.3 is 19.7 Å². The van der Waals surface area contributed by atoms with Crippen molar-refractivity contribution < 1.29 is 14.3 Å². The summed E-state index contributed by atoms with van der Waals surface area (Å²) >= 11 is 0. The van der Waals surface area contributed by atoms with Crippen LogP contribution in [0.4, 0.5) is 10.5 Å². The fourth-order valence-electron chi connectivity index (χ4n) is 2.67. The Labute approximate surface area is 147 Å². The summed E-state index contributed by atoms with van der Waals surface area (Å²) in [6.45, 7) is 4.43. The van der Waals surface area contributed by atoms with Gasteiger partial charge in [-0.2, -0.15) is 0 Å². The van der Waals surface area contributed by atoms with Crippen molar-refractivity contribution in [3.05, 3.63) is 54.4 Å². The monoisotopic (exact) mass is 341 g/mol. The van der Waals surface area contributed by atoms with Gasteiger partial charge in [0, 0.05) is 37.3 Å². The number of aromatic nitrogens is 1. The number of hydrogen-bond donors (Lipinski definition) is 1. The second kappa shape index (κ2) is 8.48. The van der Waals surface area contributed by atoms with Crippen LogP contribution < -0.4 is 10.1 Å². The number of rotatable bonds is 4. The Morgan fingerprint density at radius 2 is 2.00 bits per heavy atom. The van der Waals surface area contributed by atoms with Crippen molar-refractivity contribution in [2.75, 3.05) is 25.1 Å². The molecule has 1 fully saturated rings. The van der Waals surface area contributed by atoms with Crippen LogP contribution in [0.2, 0.25) is 0 Å². The number of anilines is 1. The van der Waals surface area contributed by atoms with E-state index in [9.17, 15) is 4.79 Å². The van der Waals surface area contributed by atoms with Crippen LogP contribution in [-0.2, 0) is 11.3 Å². The molecule has 0 radical (unpaired) electrons.